The molecule has 7 heavy (non-hydrogen) atoms. The highest BCUT2D eigenvalue weighted by molar-refractivity contribution is 8.00. The lowest BCUT2D eigenvalue weighted by Crippen LogP contribution is -1.95. The van der Waals surface area contributed by atoms with Crippen LogP contribution in [0.25, 0.3) is 0 Å². The standard InChI is InChI=1S/C5H8OS/c1-2-5-3-6-4-7-5/h2,5H,1,3-4H2. The third-order valence-electron chi connectivity index (χ3n) is 0.910. The molecule has 0 aromatic heterocycles. The van der Waals surface area contributed by atoms with Gasteiger partial charge in [-0.25, -0.2) is 0 Å². The van der Waals surface area contributed by atoms with Crippen LogP contribution in [0.1, 0.15) is 0 Å². The predicted molar refractivity (Wildman–Crippen MR) is 32.4 cm³/mol. The van der Waals surface area contributed by atoms with Gasteiger partial charge in [0.25, 0.3) is 0 Å². The average molecular weight is 116 g/mol. The monoisotopic (exact) mass is 116 g/mol. The highest BCUT2D eigenvalue weighted by Gasteiger charge is 2.10. The van der Waals surface area contributed by atoms with Crippen LogP contribution < -0.4 is 0 Å². The van der Waals surface area contributed by atoms with Crippen molar-refractivity contribution in [2.45, 2.75) is 5.25 Å². The van der Waals surface area contributed by atoms with Crippen molar-refractivity contribution < 1.29 is 4.74 Å². The Morgan fingerprint density at radius 3 is 3.00 bits per heavy atom. The van der Waals surface area contributed by atoms with Crippen molar-refractivity contribution in [3.8, 4) is 0 Å². The topological polar surface area (TPSA) is 9.23 Å². The van der Waals surface area contributed by atoms with E-state index in [4.69, 9.17) is 4.74 Å². The maximum Gasteiger partial charge on any atom is 0.0928 e. The minimum Gasteiger partial charge on any atom is -0.369 e. The Morgan fingerprint density at radius 2 is 2.71 bits per heavy atom. The quantitative estimate of drug-likeness (QED) is 0.477. The molecule has 0 aromatic rings. The largest absolute Gasteiger partial charge is 0.369 e. The molecule has 1 unspecified atom stereocenters. The van der Waals surface area contributed by atoms with Crippen molar-refractivity contribution in [2.24, 2.45) is 0 Å². The maximum absolute atomic E-state index is 5.04. The van der Waals surface area contributed by atoms with Gasteiger partial charge in [-0.15, -0.1) is 18.3 Å². The van der Waals surface area contributed by atoms with Gasteiger partial charge < -0.3 is 4.74 Å². The molecule has 2 heteroatoms. The van der Waals surface area contributed by atoms with Crippen LogP contribution in [0.5, 0.6) is 0 Å². The van der Waals surface area contributed by atoms with Crippen LogP contribution in [0.15, 0.2) is 12.7 Å². The summed E-state index contributed by atoms with van der Waals surface area (Å²) in [5.41, 5.74) is 0. The SMILES string of the molecule is C=CC1COCS1. The highest BCUT2D eigenvalue weighted by atomic mass is 32.2. The molecule has 1 saturated heterocycles. The molecule has 0 radical (unpaired) electrons. The average Bonchev–Trinajstić information content (AvgIpc) is 2.14. The van der Waals surface area contributed by atoms with Crippen LogP contribution >= 0.6 is 11.8 Å². The molecule has 0 aliphatic carbocycles. The summed E-state index contributed by atoms with van der Waals surface area (Å²) in [6, 6.07) is 0. The van der Waals surface area contributed by atoms with Gasteiger partial charge in [0.15, 0.2) is 0 Å². The van der Waals surface area contributed by atoms with Crippen LogP contribution in [-0.4, -0.2) is 17.8 Å². The summed E-state index contributed by atoms with van der Waals surface area (Å²) in [4.78, 5) is 0. The Labute approximate surface area is 47.7 Å². The summed E-state index contributed by atoms with van der Waals surface area (Å²) in [6.07, 6.45) is 1.93. The molecular weight excluding hydrogens is 108 g/mol. The van der Waals surface area contributed by atoms with Crippen molar-refractivity contribution in [1.29, 1.82) is 0 Å². The zero-order chi connectivity index (χ0) is 5.11. The lowest BCUT2D eigenvalue weighted by atomic mass is 10.4. The molecule has 0 bridgehead atoms. The molecule has 1 aliphatic heterocycles. The van der Waals surface area contributed by atoms with Gasteiger partial charge in [0, 0.05) is 5.25 Å². The van der Waals surface area contributed by atoms with E-state index in [2.05, 4.69) is 6.58 Å². The first kappa shape index (κ1) is 5.19. The van der Waals surface area contributed by atoms with Gasteiger partial charge in [0.05, 0.1) is 12.5 Å². The Kier molecular flexibility index (Phi) is 1.77. The maximum atomic E-state index is 5.04. The summed E-state index contributed by atoms with van der Waals surface area (Å²) < 4.78 is 5.04. The van der Waals surface area contributed by atoms with E-state index in [0.29, 0.717) is 5.25 Å². The van der Waals surface area contributed by atoms with Gasteiger partial charge in [-0.3, -0.25) is 0 Å². The lowest BCUT2D eigenvalue weighted by molar-refractivity contribution is 0.209. The van der Waals surface area contributed by atoms with Crippen LogP contribution in [0.4, 0.5) is 0 Å². The Morgan fingerprint density at radius 1 is 1.86 bits per heavy atom. The van der Waals surface area contributed by atoms with Crippen LogP contribution in [0, 0.1) is 0 Å². The van der Waals surface area contributed by atoms with Gasteiger partial charge in [0.1, 0.15) is 0 Å². The number of ether oxygens (including phenoxy) is 1. The number of thioether (sulfide) groups is 1. The first-order valence-corrected chi connectivity index (χ1v) is 3.30. The Balaban J connectivity index is 2.26. The zero-order valence-electron chi connectivity index (χ0n) is 4.09. The van der Waals surface area contributed by atoms with Crippen molar-refractivity contribution in [2.75, 3.05) is 12.5 Å². The van der Waals surface area contributed by atoms with Crippen molar-refractivity contribution in [3.63, 3.8) is 0 Å². The molecule has 40 valence electrons. The van der Waals surface area contributed by atoms with Gasteiger partial charge in [-0.2, -0.15) is 0 Å². The van der Waals surface area contributed by atoms with E-state index in [1.165, 1.54) is 0 Å². The molecular formula is C5H8OS. The summed E-state index contributed by atoms with van der Waals surface area (Å²) >= 11 is 1.80. The first-order valence-electron chi connectivity index (χ1n) is 2.25. The predicted octanol–water partition coefficient (Wildman–Crippen LogP) is 1.26. The highest BCUT2D eigenvalue weighted by Crippen LogP contribution is 2.18. The van der Waals surface area contributed by atoms with E-state index < -0.39 is 0 Å². The van der Waals surface area contributed by atoms with Gasteiger partial charge in [0.2, 0.25) is 0 Å². The van der Waals surface area contributed by atoms with E-state index >= 15 is 0 Å². The van der Waals surface area contributed by atoms with E-state index in [1.807, 2.05) is 6.08 Å². The Bertz CT molecular complexity index is 66.5. The molecule has 1 atom stereocenters. The van der Waals surface area contributed by atoms with E-state index in [1.54, 1.807) is 11.8 Å². The number of hydrogen-bond acceptors (Lipinski definition) is 2. The number of rotatable bonds is 1. The van der Waals surface area contributed by atoms with E-state index in [9.17, 15) is 0 Å². The van der Waals surface area contributed by atoms with E-state index in [0.717, 1.165) is 12.5 Å². The summed E-state index contributed by atoms with van der Waals surface area (Å²) in [7, 11) is 0. The number of hydrogen-bond donors (Lipinski definition) is 0. The van der Waals surface area contributed by atoms with Crippen molar-refractivity contribution in [3.05, 3.63) is 12.7 Å². The molecule has 0 amide bonds. The van der Waals surface area contributed by atoms with Gasteiger partial charge in [-0.1, -0.05) is 6.08 Å². The first-order chi connectivity index (χ1) is 3.43. The summed E-state index contributed by atoms with van der Waals surface area (Å²) in [5, 5.41) is 0.556. The molecule has 0 saturated carbocycles. The third-order valence-corrected chi connectivity index (χ3v) is 1.97. The zero-order valence-corrected chi connectivity index (χ0v) is 4.91. The minimum atomic E-state index is 0.556. The van der Waals surface area contributed by atoms with Crippen LogP contribution in [-0.2, 0) is 4.74 Å². The molecule has 1 nitrogen and oxygen atoms in total. The van der Waals surface area contributed by atoms with Crippen LogP contribution in [0.3, 0.4) is 0 Å². The smallest absolute Gasteiger partial charge is 0.0928 e. The third kappa shape index (κ3) is 1.21. The fraction of sp³-hybridized carbons (Fsp3) is 0.600. The van der Waals surface area contributed by atoms with Gasteiger partial charge in [-0.05, 0) is 0 Å². The van der Waals surface area contributed by atoms with Crippen LogP contribution in [0.2, 0.25) is 0 Å². The van der Waals surface area contributed by atoms with Crippen molar-refractivity contribution in [1.82, 2.24) is 0 Å². The minimum absolute atomic E-state index is 0.556. The lowest BCUT2D eigenvalue weighted by Gasteiger charge is -1.91. The summed E-state index contributed by atoms with van der Waals surface area (Å²) in [5.74, 6) is 0.844. The molecule has 0 aromatic carbocycles. The molecule has 1 rings (SSSR count). The second-order valence-corrected chi connectivity index (χ2v) is 2.60. The fourth-order valence-corrected chi connectivity index (χ4v) is 1.18. The second kappa shape index (κ2) is 2.38. The fourth-order valence-electron chi connectivity index (χ4n) is 0.484. The van der Waals surface area contributed by atoms with Gasteiger partial charge >= 0.3 is 0 Å². The van der Waals surface area contributed by atoms with Crippen molar-refractivity contribution >= 4 is 11.8 Å². The molecule has 0 spiro atoms. The Hall–Kier alpha value is 0.0500. The normalized spacial score (nSPS) is 30.6. The molecule has 1 aliphatic rings. The second-order valence-electron chi connectivity index (χ2n) is 1.43. The summed E-state index contributed by atoms with van der Waals surface area (Å²) in [6.45, 7) is 4.50. The molecule has 1 heterocycles. The molecule has 1 fully saturated rings. The molecule has 0 N–H and O–H groups in total. The van der Waals surface area contributed by atoms with E-state index in [-0.39, 0.29) is 0 Å².